The average molecular weight is 570 g/mol. The van der Waals surface area contributed by atoms with Crippen molar-refractivity contribution in [3.05, 3.63) is 95.0 Å². The van der Waals surface area contributed by atoms with E-state index < -0.39 is 28.5 Å². The maximum absolute atomic E-state index is 14.0. The highest BCUT2D eigenvalue weighted by Gasteiger charge is 2.33. The number of carbonyl (C=O) groups excluding carboxylic acids is 2. The fraction of sp³-hybridized carbons (Fsp3) is 0.333. The van der Waals surface area contributed by atoms with E-state index in [4.69, 9.17) is 11.6 Å². The van der Waals surface area contributed by atoms with Gasteiger partial charge in [-0.3, -0.25) is 13.9 Å². The van der Waals surface area contributed by atoms with Gasteiger partial charge in [0.2, 0.25) is 11.8 Å². The molecule has 0 heterocycles. The predicted octanol–water partition coefficient (Wildman–Crippen LogP) is 5.42. The fourth-order valence-electron chi connectivity index (χ4n) is 4.09. The molecule has 0 radical (unpaired) electrons. The van der Waals surface area contributed by atoms with Crippen LogP contribution in [0.25, 0.3) is 0 Å². The van der Waals surface area contributed by atoms with Gasteiger partial charge >= 0.3 is 0 Å². The molecule has 208 valence electrons. The van der Waals surface area contributed by atoms with Crippen LogP contribution in [0, 0.1) is 12.8 Å². The Morgan fingerprint density at radius 1 is 0.923 bits per heavy atom. The van der Waals surface area contributed by atoms with E-state index in [-0.39, 0.29) is 23.3 Å². The van der Waals surface area contributed by atoms with Crippen molar-refractivity contribution in [1.82, 2.24) is 10.2 Å². The van der Waals surface area contributed by atoms with Crippen LogP contribution in [0.5, 0.6) is 0 Å². The van der Waals surface area contributed by atoms with Gasteiger partial charge in [0.15, 0.2) is 0 Å². The molecule has 7 nitrogen and oxygen atoms in total. The molecule has 0 bridgehead atoms. The largest absolute Gasteiger partial charge is 0.354 e. The molecular formula is C30H36ClN3O4S. The van der Waals surface area contributed by atoms with Gasteiger partial charge in [-0.05, 0) is 61.2 Å². The molecule has 1 atom stereocenters. The summed E-state index contributed by atoms with van der Waals surface area (Å²) in [6.07, 6.45) is 0.360. The van der Waals surface area contributed by atoms with E-state index in [2.05, 4.69) is 5.32 Å². The Kier molecular flexibility index (Phi) is 10.5. The zero-order chi connectivity index (χ0) is 28.6. The summed E-state index contributed by atoms with van der Waals surface area (Å²) in [6.45, 7) is 7.84. The minimum atomic E-state index is -4.08. The van der Waals surface area contributed by atoms with Crippen LogP contribution in [0.3, 0.4) is 0 Å². The molecule has 3 aromatic carbocycles. The first kappa shape index (κ1) is 30.2. The van der Waals surface area contributed by atoms with Gasteiger partial charge in [0.1, 0.15) is 12.6 Å². The molecule has 9 heteroatoms. The van der Waals surface area contributed by atoms with E-state index in [9.17, 15) is 18.0 Å². The van der Waals surface area contributed by atoms with Crippen LogP contribution in [0.1, 0.15) is 38.3 Å². The number of sulfonamides is 1. The lowest BCUT2D eigenvalue weighted by atomic mass is 10.1. The number of nitrogens with one attached hydrogen (secondary N) is 1. The summed E-state index contributed by atoms with van der Waals surface area (Å²) >= 11 is 6.06. The van der Waals surface area contributed by atoms with Gasteiger partial charge < -0.3 is 10.2 Å². The van der Waals surface area contributed by atoms with Gasteiger partial charge in [0.25, 0.3) is 10.0 Å². The highest BCUT2D eigenvalue weighted by atomic mass is 35.5. The standard InChI is InChI=1S/C30H36ClN3O4S/c1-5-28(30(36)32-19-22(2)3)33(20-24-13-15-25(31)16-14-24)29(35)21-34(26-17-11-23(4)12-18-26)39(37,38)27-9-7-6-8-10-27/h6-18,22,28H,5,19-21H2,1-4H3,(H,32,36). The highest BCUT2D eigenvalue weighted by molar-refractivity contribution is 7.92. The van der Waals surface area contributed by atoms with Gasteiger partial charge in [-0.1, -0.05) is 80.4 Å². The molecule has 3 rings (SSSR count). The molecular weight excluding hydrogens is 534 g/mol. The number of hydrogen-bond donors (Lipinski definition) is 1. The summed E-state index contributed by atoms with van der Waals surface area (Å²) in [7, 11) is -4.08. The van der Waals surface area contributed by atoms with Crippen LogP contribution in [-0.2, 0) is 26.2 Å². The van der Waals surface area contributed by atoms with Crippen LogP contribution in [0.4, 0.5) is 5.69 Å². The van der Waals surface area contributed by atoms with Crippen molar-refractivity contribution < 1.29 is 18.0 Å². The van der Waals surface area contributed by atoms with Crippen molar-refractivity contribution in [3.8, 4) is 0 Å². The lowest BCUT2D eigenvalue weighted by Crippen LogP contribution is -2.52. The van der Waals surface area contributed by atoms with Crippen molar-refractivity contribution in [1.29, 1.82) is 0 Å². The number of aryl methyl sites for hydroxylation is 1. The second kappa shape index (κ2) is 13.6. The molecule has 1 unspecified atom stereocenters. The molecule has 39 heavy (non-hydrogen) atoms. The monoisotopic (exact) mass is 569 g/mol. The number of anilines is 1. The molecule has 0 aliphatic carbocycles. The van der Waals surface area contributed by atoms with Crippen LogP contribution in [0.2, 0.25) is 5.02 Å². The maximum Gasteiger partial charge on any atom is 0.264 e. The topological polar surface area (TPSA) is 86.8 Å². The van der Waals surface area contributed by atoms with Crippen LogP contribution >= 0.6 is 11.6 Å². The summed E-state index contributed by atoms with van der Waals surface area (Å²) in [5, 5.41) is 3.48. The third kappa shape index (κ3) is 8.07. The summed E-state index contributed by atoms with van der Waals surface area (Å²) in [4.78, 5) is 28.8. The quantitative estimate of drug-likeness (QED) is 0.315. The van der Waals surface area contributed by atoms with E-state index in [1.807, 2.05) is 27.7 Å². The third-order valence-electron chi connectivity index (χ3n) is 6.27. The van der Waals surface area contributed by atoms with Gasteiger partial charge in [-0.2, -0.15) is 0 Å². The number of halogens is 1. The SMILES string of the molecule is CCC(C(=O)NCC(C)C)N(Cc1ccc(Cl)cc1)C(=O)CN(c1ccc(C)cc1)S(=O)(=O)c1ccccc1. The first-order valence-electron chi connectivity index (χ1n) is 13.0. The highest BCUT2D eigenvalue weighted by Crippen LogP contribution is 2.25. The molecule has 0 saturated carbocycles. The smallest absolute Gasteiger partial charge is 0.264 e. The minimum Gasteiger partial charge on any atom is -0.354 e. The Hall–Kier alpha value is -3.36. The lowest BCUT2D eigenvalue weighted by Gasteiger charge is -2.33. The summed E-state index contributed by atoms with van der Waals surface area (Å²) < 4.78 is 28.7. The number of carbonyl (C=O) groups is 2. The summed E-state index contributed by atoms with van der Waals surface area (Å²) in [6, 6.07) is 21.2. The maximum atomic E-state index is 14.0. The first-order valence-corrected chi connectivity index (χ1v) is 14.8. The summed E-state index contributed by atoms with van der Waals surface area (Å²) in [5.74, 6) is -0.530. The van der Waals surface area contributed by atoms with Crippen LogP contribution < -0.4 is 9.62 Å². The number of rotatable bonds is 12. The van der Waals surface area contributed by atoms with Crippen molar-refractivity contribution in [2.24, 2.45) is 5.92 Å². The zero-order valence-electron chi connectivity index (χ0n) is 22.8. The second-order valence-electron chi connectivity index (χ2n) is 9.87. The lowest BCUT2D eigenvalue weighted by molar-refractivity contribution is -0.140. The molecule has 0 spiro atoms. The molecule has 0 aliphatic heterocycles. The number of amides is 2. The molecule has 0 saturated heterocycles. The minimum absolute atomic E-state index is 0.0735. The summed E-state index contributed by atoms with van der Waals surface area (Å²) in [5.41, 5.74) is 2.09. The second-order valence-corrected chi connectivity index (χ2v) is 12.2. The van der Waals surface area contributed by atoms with Gasteiger partial charge in [0.05, 0.1) is 10.6 Å². The zero-order valence-corrected chi connectivity index (χ0v) is 24.4. The van der Waals surface area contributed by atoms with Crippen molar-refractivity contribution in [2.75, 3.05) is 17.4 Å². The number of nitrogens with zero attached hydrogens (tertiary/aromatic N) is 2. The Bertz CT molecular complexity index is 1350. The number of hydrogen-bond acceptors (Lipinski definition) is 4. The first-order chi connectivity index (χ1) is 18.5. The normalized spacial score (nSPS) is 12.2. The Balaban J connectivity index is 2.02. The molecule has 0 aromatic heterocycles. The van der Waals surface area contributed by atoms with Crippen molar-refractivity contribution >= 4 is 39.1 Å². The van der Waals surface area contributed by atoms with E-state index in [1.54, 1.807) is 66.7 Å². The van der Waals surface area contributed by atoms with E-state index in [1.165, 1.54) is 17.0 Å². The predicted molar refractivity (Wildman–Crippen MR) is 156 cm³/mol. The Morgan fingerprint density at radius 2 is 1.54 bits per heavy atom. The fourth-order valence-corrected chi connectivity index (χ4v) is 5.65. The van der Waals surface area contributed by atoms with E-state index >= 15 is 0 Å². The molecule has 0 fully saturated rings. The van der Waals surface area contributed by atoms with Gasteiger partial charge in [0, 0.05) is 18.1 Å². The Morgan fingerprint density at radius 3 is 2.10 bits per heavy atom. The van der Waals surface area contributed by atoms with E-state index in [0.717, 1.165) is 15.4 Å². The van der Waals surface area contributed by atoms with Gasteiger partial charge in [-0.25, -0.2) is 8.42 Å². The third-order valence-corrected chi connectivity index (χ3v) is 8.31. The molecule has 0 aliphatic rings. The molecule has 2 amide bonds. The molecule has 3 aromatic rings. The van der Waals surface area contributed by atoms with E-state index in [0.29, 0.717) is 23.7 Å². The number of benzene rings is 3. The van der Waals surface area contributed by atoms with Gasteiger partial charge in [-0.15, -0.1) is 0 Å². The van der Waals surface area contributed by atoms with Crippen LogP contribution in [-0.4, -0.2) is 44.3 Å². The Labute approximate surface area is 236 Å². The van der Waals surface area contributed by atoms with Crippen molar-refractivity contribution in [2.45, 2.75) is 51.6 Å². The van der Waals surface area contributed by atoms with Crippen LogP contribution in [0.15, 0.2) is 83.8 Å². The molecule has 1 N–H and O–H groups in total. The van der Waals surface area contributed by atoms with Crippen molar-refractivity contribution in [3.63, 3.8) is 0 Å². The average Bonchev–Trinajstić information content (AvgIpc) is 2.92.